The molecule has 0 unspecified atom stereocenters. The van der Waals surface area contributed by atoms with Crippen molar-refractivity contribution in [1.82, 2.24) is 20.5 Å². The normalized spacial score (nSPS) is 18.8. The van der Waals surface area contributed by atoms with Crippen molar-refractivity contribution >= 4 is 12.0 Å². The zero-order chi connectivity index (χ0) is 36.1. The SMILES string of the molecule is O=C(N[C@@H](Cc1ccccc1)[C@@H](O)C[C@@H](Cc1ccc(OCCN2CCOCC2)cc1)C(=O)N[C@H]1c2ccccc2C[C@H]1O)OCc1ccncc1. The van der Waals surface area contributed by atoms with E-state index in [2.05, 4.69) is 20.5 Å². The van der Waals surface area contributed by atoms with Crippen molar-refractivity contribution in [3.05, 3.63) is 131 Å². The number of aliphatic hydroxyl groups excluding tert-OH is 2. The first-order valence-corrected chi connectivity index (χ1v) is 18.0. The van der Waals surface area contributed by atoms with Gasteiger partial charge < -0.3 is 35.1 Å². The fourth-order valence-electron chi connectivity index (χ4n) is 6.85. The molecule has 2 heterocycles. The van der Waals surface area contributed by atoms with Crippen LogP contribution in [0.4, 0.5) is 4.79 Å². The van der Waals surface area contributed by atoms with Crippen molar-refractivity contribution in [1.29, 1.82) is 0 Å². The van der Waals surface area contributed by atoms with Crippen LogP contribution in [-0.4, -0.2) is 89.8 Å². The van der Waals surface area contributed by atoms with Gasteiger partial charge in [-0.25, -0.2) is 4.79 Å². The number of carbonyl (C=O) groups excluding carboxylic acids is 2. The highest BCUT2D eigenvalue weighted by Crippen LogP contribution is 2.32. The van der Waals surface area contributed by atoms with Crippen LogP contribution in [0.2, 0.25) is 0 Å². The average molecular weight is 709 g/mol. The number of carbonyl (C=O) groups is 2. The van der Waals surface area contributed by atoms with Crippen molar-refractivity contribution in [3.8, 4) is 5.75 Å². The van der Waals surface area contributed by atoms with Crippen LogP contribution in [0, 0.1) is 5.92 Å². The third-order valence-corrected chi connectivity index (χ3v) is 9.77. The first kappa shape index (κ1) is 37.0. The third-order valence-electron chi connectivity index (χ3n) is 9.77. The summed E-state index contributed by atoms with van der Waals surface area (Å²) in [5.74, 6) is -0.235. The fraction of sp³-hybridized carbons (Fsp3) is 0.390. The minimum Gasteiger partial charge on any atom is -0.492 e. The van der Waals surface area contributed by atoms with Gasteiger partial charge in [-0.2, -0.15) is 0 Å². The minimum atomic E-state index is -1.10. The van der Waals surface area contributed by atoms with Gasteiger partial charge in [0, 0.05) is 44.4 Å². The zero-order valence-corrected chi connectivity index (χ0v) is 29.3. The molecule has 1 aromatic heterocycles. The quantitative estimate of drug-likeness (QED) is 0.136. The molecule has 274 valence electrons. The van der Waals surface area contributed by atoms with Crippen LogP contribution < -0.4 is 15.4 Å². The van der Waals surface area contributed by atoms with Crippen LogP contribution in [0.5, 0.6) is 5.75 Å². The van der Waals surface area contributed by atoms with Gasteiger partial charge >= 0.3 is 6.09 Å². The number of ether oxygens (including phenoxy) is 3. The Morgan fingerprint density at radius 3 is 2.37 bits per heavy atom. The van der Waals surface area contributed by atoms with Gasteiger partial charge in [-0.05, 0) is 71.3 Å². The molecule has 1 fully saturated rings. The monoisotopic (exact) mass is 708 g/mol. The number of alkyl carbamates (subject to hydrolysis) is 1. The molecule has 0 bridgehead atoms. The molecule has 1 aliphatic carbocycles. The highest BCUT2D eigenvalue weighted by Gasteiger charge is 2.35. The highest BCUT2D eigenvalue weighted by molar-refractivity contribution is 5.80. The number of benzene rings is 3. The molecule has 4 aromatic rings. The second kappa shape index (κ2) is 18.6. The van der Waals surface area contributed by atoms with Crippen LogP contribution in [0.25, 0.3) is 0 Å². The Balaban J connectivity index is 1.16. The number of nitrogens with one attached hydrogen (secondary N) is 2. The van der Waals surface area contributed by atoms with Crippen molar-refractivity contribution in [2.24, 2.45) is 5.92 Å². The van der Waals surface area contributed by atoms with Crippen molar-refractivity contribution < 1.29 is 34.0 Å². The molecular weight excluding hydrogens is 660 g/mol. The highest BCUT2D eigenvalue weighted by atomic mass is 16.5. The second-order valence-electron chi connectivity index (χ2n) is 13.5. The standard InChI is InChI=1S/C41H48N4O7/c46-37(36(25-29-6-2-1-3-7-29)43-41(49)52-28-31-14-16-42-17-15-31)27-33(40(48)44-39-35-9-5-4-8-32(35)26-38(39)47)24-30-10-12-34(13-11-30)51-23-20-45-18-21-50-22-19-45/h1-17,33,36-39,46-47H,18-28H2,(H,43,49)(H,44,48)/t33-,36+,37+,38-,39+/m1/s1. The molecule has 4 N–H and O–H groups in total. The van der Waals surface area contributed by atoms with Gasteiger partial charge in [-0.15, -0.1) is 0 Å². The Labute approximate surface area is 304 Å². The summed E-state index contributed by atoms with van der Waals surface area (Å²) in [7, 11) is 0. The lowest BCUT2D eigenvalue weighted by molar-refractivity contribution is -0.127. The molecule has 0 spiro atoms. The molecule has 3 aromatic carbocycles. The number of nitrogens with zero attached hydrogens (tertiary/aromatic N) is 2. The molecule has 0 radical (unpaired) electrons. The Morgan fingerprint density at radius 2 is 1.60 bits per heavy atom. The number of pyridine rings is 1. The molecule has 1 saturated heterocycles. The molecule has 1 aliphatic heterocycles. The molecule has 11 heteroatoms. The number of hydrogen-bond donors (Lipinski definition) is 4. The maximum atomic E-state index is 14.1. The zero-order valence-electron chi connectivity index (χ0n) is 29.3. The van der Waals surface area contributed by atoms with E-state index in [-0.39, 0.29) is 18.9 Å². The topological polar surface area (TPSA) is 142 Å². The van der Waals surface area contributed by atoms with Crippen molar-refractivity contribution in [2.45, 2.75) is 56.6 Å². The Bertz CT molecular complexity index is 1700. The summed E-state index contributed by atoms with van der Waals surface area (Å²) >= 11 is 0. The van der Waals surface area contributed by atoms with E-state index in [0.717, 1.165) is 66.4 Å². The number of fused-ring (bicyclic) bond motifs is 1. The van der Waals surface area contributed by atoms with Crippen molar-refractivity contribution in [3.63, 3.8) is 0 Å². The third kappa shape index (κ3) is 10.6. The van der Waals surface area contributed by atoms with E-state index in [4.69, 9.17) is 14.2 Å². The van der Waals surface area contributed by atoms with E-state index in [1.54, 1.807) is 24.5 Å². The molecule has 2 aliphatic rings. The molecule has 11 nitrogen and oxygen atoms in total. The Morgan fingerprint density at radius 1 is 0.885 bits per heavy atom. The van der Waals surface area contributed by atoms with E-state index in [0.29, 0.717) is 25.9 Å². The summed E-state index contributed by atoms with van der Waals surface area (Å²) < 4.78 is 16.9. The van der Waals surface area contributed by atoms with Crippen LogP contribution in [-0.2, 0) is 40.1 Å². The van der Waals surface area contributed by atoms with E-state index in [9.17, 15) is 19.8 Å². The summed E-state index contributed by atoms with van der Waals surface area (Å²) in [6.07, 6.45) is 1.87. The summed E-state index contributed by atoms with van der Waals surface area (Å²) in [6.45, 7) is 4.70. The molecule has 52 heavy (non-hydrogen) atoms. The summed E-state index contributed by atoms with van der Waals surface area (Å²) in [5, 5.41) is 28.7. The van der Waals surface area contributed by atoms with E-state index in [1.165, 1.54) is 0 Å². The smallest absolute Gasteiger partial charge is 0.407 e. The maximum absolute atomic E-state index is 14.1. The second-order valence-corrected chi connectivity index (χ2v) is 13.5. The lowest BCUT2D eigenvalue weighted by Gasteiger charge is -2.28. The minimum absolute atomic E-state index is 0.0473. The van der Waals surface area contributed by atoms with Crippen molar-refractivity contribution in [2.75, 3.05) is 39.5 Å². The van der Waals surface area contributed by atoms with Gasteiger partial charge in [0.2, 0.25) is 5.91 Å². The number of amides is 2. The molecular formula is C41H48N4O7. The Hall–Kier alpha value is -4.81. The summed E-state index contributed by atoms with van der Waals surface area (Å²) in [5.41, 5.74) is 4.48. The van der Waals surface area contributed by atoms with Gasteiger partial charge in [-0.3, -0.25) is 14.7 Å². The average Bonchev–Trinajstić information content (AvgIpc) is 3.49. The molecule has 6 rings (SSSR count). The van der Waals surface area contributed by atoms with Gasteiger partial charge in [0.15, 0.2) is 0 Å². The number of aliphatic hydroxyl groups is 2. The van der Waals surface area contributed by atoms with E-state index < -0.39 is 36.3 Å². The predicted octanol–water partition coefficient (Wildman–Crippen LogP) is 4.01. The maximum Gasteiger partial charge on any atom is 0.407 e. The van der Waals surface area contributed by atoms with Gasteiger partial charge in [0.25, 0.3) is 0 Å². The van der Waals surface area contributed by atoms with E-state index in [1.807, 2.05) is 78.9 Å². The van der Waals surface area contributed by atoms with Gasteiger partial charge in [-0.1, -0.05) is 66.7 Å². The van der Waals surface area contributed by atoms with Crippen LogP contribution >= 0.6 is 0 Å². The summed E-state index contributed by atoms with van der Waals surface area (Å²) in [6, 6.07) is 27.2. The number of rotatable bonds is 16. The molecule has 5 atom stereocenters. The first-order chi connectivity index (χ1) is 25.4. The van der Waals surface area contributed by atoms with Crippen LogP contribution in [0.15, 0.2) is 103 Å². The number of morpholine rings is 1. The molecule has 0 saturated carbocycles. The van der Waals surface area contributed by atoms with Crippen LogP contribution in [0.1, 0.15) is 40.3 Å². The van der Waals surface area contributed by atoms with E-state index >= 15 is 0 Å². The van der Waals surface area contributed by atoms with Crippen LogP contribution in [0.3, 0.4) is 0 Å². The summed E-state index contributed by atoms with van der Waals surface area (Å²) in [4.78, 5) is 33.5. The number of aromatic nitrogens is 1. The lowest BCUT2D eigenvalue weighted by Crippen LogP contribution is -2.47. The molecule has 2 amide bonds. The fourth-order valence-corrected chi connectivity index (χ4v) is 6.85. The first-order valence-electron chi connectivity index (χ1n) is 18.0. The predicted molar refractivity (Wildman–Crippen MR) is 196 cm³/mol. The number of hydrogen-bond acceptors (Lipinski definition) is 9. The Kier molecular flexibility index (Phi) is 13.2. The van der Waals surface area contributed by atoms with Gasteiger partial charge in [0.1, 0.15) is 19.0 Å². The van der Waals surface area contributed by atoms with Gasteiger partial charge in [0.05, 0.1) is 37.5 Å². The lowest BCUT2D eigenvalue weighted by atomic mass is 9.88. The largest absolute Gasteiger partial charge is 0.492 e.